The molecule has 3 nitrogen and oxygen atoms in total. The summed E-state index contributed by atoms with van der Waals surface area (Å²) >= 11 is 0. The first kappa shape index (κ1) is 11.5. The second kappa shape index (κ2) is 7.15. The highest BCUT2D eigenvalue weighted by molar-refractivity contribution is 5.74. The van der Waals surface area contributed by atoms with Crippen LogP contribution in [0.5, 0.6) is 0 Å². The van der Waals surface area contributed by atoms with Gasteiger partial charge in [-0.3, -0.25) is 4.79 Å². The molecule has 0 saturated heterocycles. The lowest BCUT2D eigenvalue weighted by Gasteiger charge is -2.04. The predicted molar refractivity (Wildman–Crippen MR) is 48.7 cm³/mol. The molecule has 0 heterocycles. The maximum Gasteiger partial charge on any atom is 0.323 e. The minimum Gasteiger partial charge on any atom is -0.468 e. The summed E-state index contributed by atoms with van der Waals surface area (Å²) in [6.45, 7) is 3.41. The minimum atomic E-state index is -0.636. The molecular formula is C10H13NO2. The molecule has 70 valence electrons. The van der Waals surface area contributed by atoms with Gasteiger partial charge in [-0.1, -0.05) is 6.58 Å². The Balaban J connectivity index is 3.80. The van der Waals surface area contributed by atoms with Gasteiger partial charge in [-0.25, -0.2) is 0 Å². The molecule has 0 aliphatic heterocycles. The zero-order valence-corrected chi connectivity index (χ0v) is 7.75. The number of carbonyl (C=O) groups excluding carboxylic acids is 1. The lowest BCUT2D eigenvalue weighted by atomic mass is 10.0. The third-order valence-electron chi connectivity index (χ3n) is 1.63. The molecule has 1 unspecified atom stereocenters. The van der Waals surface area contributed by atoms with Crippen LogP contribution in [0.15, 0.2) is 18.4 Å². The molecule has 0 radical (unpaired) electrons. The Hall–Kier alpha value is -1.52. The topological polar surface area (TPSA) is 50.1 Å². The summed E-state index contributed by atoms with van der Waals surface area (Å²) in [6, 6.07) is 1.91. The largest absolute Gasteiger partial charge is 0.468 e. The molecule has 0 amide bonds. The average Bonchev–Trinajstić information content (AvgIpc) is 2.17. The summed E-state index contributed by atoms with van der Waals surface area (Å²) < 4.78 is 4.46. The molecule has 0 aromatic heterocycles. The smallest absolute Gasteiger partial charge is 0.323 e. The van der Waals surface area contributed by atoms with Gasteiger partial charge in [-0.05, 0) is 25.3 Å². The zero-order valence-electron chi connectivity index (χ0n) is 7.75. The van der Waals surface area contributed by atoms with Crippen molar-refractivity contribution in [2.45, 2.75) is 19.3 Å². The Bertz CT molecular complexity index is 246. The van der Waals surface area contributed by atoms with Gasteiger partial charge in [-0.2, -0.15) is 5.26 Å². The van der Waals surface area contributed by atoms with E-state index in [1.165, 1.54) is 7.11 Å². The fourth-order valence-electron chi connectivity index (χ4n) is 0.903. The van der Waals surface area contributed by atoms with Crippen LogP contribution in [0, 0.1) is 17.2 Å². The van der Waals surface area contributed by atoms with E-state index in [1.807, 2.05) is 6.07 Å². The molecule has 0 N–H and O–H groups in total. The molecule has 0 aromatic rings. The van der Waals surface area contributed by atoms with E-state index < -0.39 is 11.9 Å². The van der Waals surface area contributed by atoms with E-state index >= 15 is 0 Å². The highest BCUT2D eigenvalue weighted by Gasteiger charge is 2.16. The van der Waals surface area contributed by atoms with Crippen LogP contribution in [0.25, 0.3) is 0 Å². The normalized spacial score (nSPS) is 10.8. The van der Waals surface area contributed by atoms with Gasteiger partial charge in [0.15, 0.2) is 0 Å². The molecule has 1 atom stereocenters. The monoisotopic (exact) mass is 179 g/mol. The standard InChI is InChI=1S/C10H13NO2/c1-3-4-5-6-7-9(8-11)10(12)13-2/h4,9H,1,5-7H2,2H3. The van der Waals surface area contributed by atoms with E-state index in [1.54, 1.807) is 6.08 Å². The number of carbonyl (C=O) groups is 1. The van der Waals surface area contributed by atoms with Crippen molar-refractivity contribution < 1.29 is 9.53 Å². The van der Waals surface area contributed by atoms with Crippen LogP contribution in [-0.4, -0.2) is 13.1 Å². The van der Waals surface area contributed by atoms with Gasteiger partial charge in [0.2, 0.25) is 0 Å². The molecule has 0 aliphatic rings. The fraction of sp³-hybridized carbons (Fsp3) is 0.500. The molecule has 0 saturated carbocycles. The lowest BCUT2D eigenvalue weighted by molar-refractivity contribution is -0.143. The Labute approximate surface area is 78.3 Å². The third-order valence-corrected chi connectivity index (χ3v) is 1.63. The maximum absolute atomic E-state index is 10.9. The molecule has 0 fully saturated rings. The van der Waals surface area contributed by atoms with Crippen LogP contribution >= 0.6 is 0 Å². The second-order valence-corrected chi connectivity index (χ2v) is 2.54. The number of esters is 1. The number of hydrogen-bond acceptors (Lipinski definition) is 3. The van der Waals surface area contributed by atoms with E-state index in [4.69, 9.17) is 5.26 Å². The first-order valence-corrected chi connectivity index (χ1v) is 4.08. The van der Waals surface area contributed by atoms with Gasteiger partial charge in [0, 0.05) is 0 Å². The summed E-state index contributed by atoms with van der Waals surface area (Å²) in [5.41, 5.74) is 2.63. The van der Waals surface area contributed by atoms with E-state index in [0.29, 0.717) is 6.42 Å². The summed E-state index contributed by atoms with van der Waals surface area (Å²) in [5, 5.41) is 8.60. The van der Waals surface area contributed by atoms with Crippen LogP contribution in [0.1, 0.15) is 19.3 Å². The maximum atomic E-state index is 10.9. The minimum absolute atomic E-state index is 0.454. The van der Waals surface area contributed by atoms with Crippen molar-refractivity contribution in [3.05, 3.63) is 18.4 Å². The van der Waals surface area contributed by atoms with Gasteiger partial charge in [-0.15, -0.1) is 5.73 Å². The first-order chi connectivity index (χ1) is 6.26. The highest BCUT2D eigenvalue weighted by atomic mass is 16.5. The molecular weight excluding hydrogens is 166 g/mol. The van der Waals surface area contributed by atoms with Crippen LogP contribution in [0.2, 0.25) is 0 Å². The molecule has 0 rings (SSSR count). The van der Waals surface area contributed by atoms with E-state index in [9.17, 15) is 4.79 Å². The summed E-state index contributed by atoms with van der Waals surface area (Å²) in [7, 11) is 1.29. The van der Waals surface area contributed by atoms with Crippen molar-refractivity contribution in [1.29, 1.82) is 5.26 Å². The summed E-state index contributed by atoms with van der Waals surface area (Å²) in [6.07, 6.45) is 3.88. The molecule has 3 heteroatoms. The van der Waals surface area contributed by atoms with Crippen molar-refractivity contribution in [2.24, 2.45) is 5.92 Å². The zero-order chi connectivity index (χ0) is 10.1. The third kappa shape index (κ3) is 4.84. The van der Waals surface area contributed by atoms with Crippen molar-refractivity contribution in [1.82, 2.24) is 0 Å². The van der Waals surface area contributed by atoms with Crippen molar-refractivity contribution in [3.63, 3.8) is 0 Å². The Morgan fingerprint density at radius 3 is 2.92 bits per heavy atom. The number of nitriles is 1. The highest BCUT2D eigenvalue weighted by Crippen LogP contribution is 2.09. The molecule has 0 aliphatic carbocycles. The number of rotatable bonds is 5. The molecule has 0 spiro atoms. The fourth-order valence-corrected chi connectivity index (χ4v) is 0.903. The molecule has 0 aromatic carbocycles. The summed E-state index contributed by atoms with van der Waals surface area (Å²) in [4.78, 5) is 10.9. The number of allylic oxidation sites excluding steroid dienone is 1. The van der Waals surface area contributed by atoms with Gasteiger partial charge < -0.3 is 4.74 Å². The number of hydrogen-bond donors (Lipinski definition) is 0. The number of ether oxygens (including phenoxy) is 1. The number of methoxy groups -OCH3 is 1. The number of unbranched alkanes of at least 4 members (excludes halogenated alkanes) is 1. The van der Waals surface area contributed by atoms with Gasteiger partial charge in [0.25, 0.3) is 0 Å². The van der Waals surface area contributed by atoms with Crippen molar-refractivity contribution in [3.8, 4) is 6.07 Å². The van der Waals surface area contributed by atoms with E-state index in [2.05, 4.69) is 17.0 Å². The van der Waals surface area contributed by atoms with Crippen LogP contribution < -0.4 is 0 Å². The Morgan fingerprint density at radius 1 is 1.77 bits per heavy atom. The van der Waals surface area contributed by atoms with Gasteiger partial charge in [0.05, 0.1) is 13.2 Å². The molecule has 13 heavy (non-hydrogen) atoms. The quantitative estimate of drug-likeness (QED) is 0.367. The van der Waals surface area contributed by atoms with Crippen molar-refractivity contribution in [2.75, 3.05) is 7.11 Å². The van der Waals surface area contributed by atoms with E-state index in [0.717, 1.165) is 12.8 Å². The predicted octanol–water partition coefficient (Wildman–Crippen LogP) is 1.81. The van der Waals surface area contributed by atoms with Crippen LogP contribution in [0.4, 0.5) is 0 Å². The van der Waals surface area contributed by atoms with E-state index in [-0.39, 0.29) is 0 Å². The van der Waals surface area contributed by atoms with Crippen LogP contribution in [0.3, 0.4) is 0 Å². The lowest BCUT2D eigenvalue weighted by Crippen LogP contribution is -2.13. The van der Waals surface area contributed by atoms with Crippen molar-refractivity contribution >= 4 is 5.97 Å². The summed E-state index contributed by atoms with van der Waals surface area (Å²) in [5.74, 6) is -1.09. The second-order valence-electron chi connectivity index (χ2n) is 2.54. The SMILES string of the molecule is C=C=CCCCC(C#N)C(=O)OC. The molecule has 0 bridgehead atoms. The first-order valence-electron chi connectivity index (χ1n) is 4.08. The average molecular weight is 179 g/mol. The van der Waals surface area contributed by atoms with Crippen LogP contribution in [-0.2, 0) is 9.53 Å². The number of nitrogens with zero attached hydrogens (tertiary/aromatic N) is 1. The Kier molecular flexibility index (Phi) is 6.31. The Morgan fingerprint density at radius 2 is 2.46 bits per heavy atom. The van der Waals surface area contributed by atoms with Gasteiger partial charge >= 0.3 is 5.97 Å². The van der Waals surface area contributed by atoms with Gasteiger partial charge in [0.1, 0.15) is 5.92 Å².